The van der Waals surface area contributed by atoms with Crippen LogP contribution in [0.25, 0.3) is 11.4 Å². The molecule has 0 saturated carbocycles. The minimum Gasteiger partial charge on any atom is -0.325 e. The van der Waals surface area contributed by atoms with Crippen LogP contribution < -0.4 is 5.32 Å². The lowest BCUT2D eigenvalue weighted by atomic mass is 10.1. The lowest BCUT2D eigenvalue weighted by Gasteiger charge is -2.09. The fourth-order valence-electron chi connectivity index (χ4n) is 2.70. The van der Waals surface area contributed by atoms with E-state index in [2.05, 4.69) is 15.5 Å². The van der Waals surface area contributed by atoms with Gasteiger partial charge < -0.3 is 9.88 Å². The highest BCUT2D eigenvalue weighted by Gasteiger charge is 2.16. The molecule has 2 aromatic carbocycles. The van der Waals surface area contributed by atoms with E-state index in [9.17, 15) is 14.9 Å². The highest BCUT2D eigenvalue weighted by atomic mass is 32.2. The number of hydrogen-bond acceptors (Lipinski definition) is 6. The molecule has 0 radical (unpaired) electrons. The van der Waals surface area contributed by atoms with Crippen LogP contribution in [0.4, 0.5) is 11.4 Å². The van der Waals surface area contributed by atoms with E-state index < -0.39 is 4.92 Å². The van der Waals surface area contributed by atoms with E-state index in [1.807, 2.05) is 42.7 Å². The number of benzene rings is 2. The van der Waals surface area contributed by atoms with E-state index in [4.69, 9.17) is 0 Å². The lowest BCUT2D eigenvalue weighted by Crippen LogP contribution is -2.14. The third-order valence-corrected chi connectivity index (χ3v) is 5.08. The topological polar surface area (TPSA) is 103 Å². The Morgan fingerprint density at radius 3 is 2.54 bits per heavy atom. The van der Waals surface area contributed by atoms with Crippen LogP contribution in [0.1, 0.15) is 12.5 Å². The number of nitrogens with one attached hydrogen (secondary N) is 1. The highest BCUT2D eigenvalue weighted by Crippen LogP contribution is 2.26. The standard InChI is InChI=1S/C19H19N5O3S/c1-3-23-18(16-7-5-4-6-13(16)2)21-22-19(23)28-12-17(25)20-14-8-10-15(11-9-14)24(26)27/h4-11H,3,12H2,1-2H3,(H,20,25). The number of aromatic nitrogens is 3. The van der Waals surface area contributed by atoms with Crippen molar-refractivity contribution in [3.05, 3.63) is 64.2 Å². The Bertz CT molecular complexity index is 1000. The summed E-state index contributed by atoms with van der Waals surface area (Å²) in [6.07, 6.45) is 0. The molecule has 0 aliphatic rings. The van der Waals surface area contributed by atoms with Crippen LogP contribution in [0.2, 0.25) is 0 Å². The maximum atomic E-state index is 12.2. The van der Waals surface area contributed by atoms with Gasteiger partial charge in [0, 0.05) is 29.9 Å². The van der Waals surface area contributed by atoms with E-state index in [-0.39, 0.29) is 17.3 Å². The number of non-ortho nitro benzene ring substituents is 1. The Balaban J connectivity index is 1.67. The van der Waals surface area contributed by atoms with E-state index in [0.717, 1.165) is 17.0 Å². The summed E-state index contributed by atoms with van der Waals surface area (Å²) >= 11 is 1.30. The van der Waals surface area contributed by atoms with E-state index in [0.29, 0.717) is 17.4 Å². The molecule has 1 amide bonds. The monoisotopic (exact) mass is 397 g/mol. The van der Waals surface area contributed by atoms with Gasteiger partial charge in [-0.25, -0.2) is 0 Å². The second-order valence-corrected chi connectivity index (χ2v) is 6.95. The fourth-order valence-corrected chi connectivity index (χ4v) is 3.50. The van der Waals surface area contributed by atoms with Crippen molar-refractivity contribution in [1.29, 1.82) is 0 Å². The summed E-state index contributed by atoms with van der Waals surface area (Å²) in [7, 11) is 0. The molecule has 0 saturated heterocycles. The summed E-state index contributed by atoms with van der Waals surface area (Å²) in [5.74, 6) is 0.712. The fraction of sp³-hybridized carbons (Fsp3) is 0.211. The maximum Gasteiger partial charge on any atom is 0.269 e. The number of anilines is 1. The van der Waals surface area contributed by atoms with Crippen LogP contribution in [-0.4, -0.2) is 31.3 Å². The molecule has 144 valence electrons. The van der Waals surface area contributed by atoms with Gasteiger partial charge in [-0.15, -0.1) is 10.2 Å². The molecule has 0 bridgehead atoms. The van der Waals surface area contributed by atoms with Crippen LogP contribution in [0, 0.1) is 17.0 Å². The van der Waals surface area contributed by atoms with Crippen molar-refractivity contribution in [1.82, 2.24) is 14.8 Å². The summed E-state index contributed by atoms with van der Waals surface area (Å²) < 4.78 is 1.98. The van der Waals surface area contributed by atoms with Crippen LogP contribution in [0.5, 0.6) is 0 Å². The van der Waals surface area contributed by atoms with Gasteiger partial charge >= 0.3 is 0 Å². The molecule has 3 rings (SSSR count). The van der Waals surface area contributed by atoms with Crippen molar-refractivity contribution in [2.45, 2.75) is 25.5 Å². The van der Waals surface area contributed by atoms with Crippen molar-refractivity contribution in [2.75, 3.05) is 11.1 Å². The molecule has 0 unspecified atom stereocenters. The van der Waals surface area contributed by atoms with Gasteiger partial charge in [0.2, 0.25) is 5.91 Å². The molecule has 1 aromatic heterocycles. The molecule has 3 aromatic rings. The number of nitro benzene ring substituents is 1. The first kappa shape index (κ1) is 19.6. The molecule has 0 atom stereocenters. The Morgan fingerprint density at radius 1 is 1.18 bits per heavy atom. The van der Waals surface area contributed by atoms with E-state index in [1.54, 1.807) is 0 Å². The Hall–Kier alpha value is -3.20. The largest absolute Gasteiger partial charge is 0.325 e. The van der Waals surface area contributed by atoms with Crippen molar-refractivity contribution < 1.29 is 9.72 Å². The van der Waals surface area contributed by atoms with Gasteiger partial charge in [0.15, 0.2) is 11.0 Å². The zero-order valence-electron chi connectivity index (χ0n) is 15.5. The number of carbonyl (C=O) groups excluding carboxylic acids is 1. The number of aryl methyl sites for hydroxylation is 1. The third kappa shape index (κ3) is 4.37. The van der Waals surface area contributed by atoms with Crippen LogP contribution in [0.15, 0.2) is 53.7 Å². The number of hydrogen-bond donors (Lipinski definition) is 1. The van der Waals surface area contributed by atoms with Gasteiger partial charge in [-0.2, -0.15) is 0 Å². The number of nitrogens with zero attached hydrogens (tertiary/aromatic N) is 4. The highest BCUT2D eigenvalue weighted by molar-refractivity contribution is 7.99. The van der Waals surface area contributed by atoms with Crippen LogP contribution >= 0.6 is 11.8 Å². The SMILES string of the molecule is CCn1c(SCC(=O)Nc2ccc([N+](=O)[O-])cc2)nnc1-c1ccccc1C. The molecule has 8 nitrogen and oxygen atoms in total. The van der Waals surface area contributed by atoms with E-state index in [1.165, 1.54) is 36.0 Å². The molecule has 0 aliphatic heterocycles. The number of nitro groups is 1. The van der Waals surface area contributed by atoms with Gasteiger partial charge in [0.25, 0.3) is 5.69 Å². The van der Waals surface area contributed by atoms with Gasteiger partial charge in [-0.05, 0) is 31.5 Å². The zero-order chi connectivity index (χ0) is 20.1. The van der Waals surface area contributed by atoms with Crippen molar-refractivity contribution in [3.8, 4) is 11.4 Å². The van der Waals surface area contributed by atoms with Crippen molar-refractivity contribution in [3.63, 3.8) is 0 Å². The first-order chi connectivity index (χ1) is 13.5. The van der Waals surface area contributed by atoms with Gasteiger partial charge in [-0.3, -0.25) is 14.9 Å². The lowest BCUT2D eigenvalue weighted by molar-refractivity contribution is -0.384. The van der Waals surface area contributed by atoms with Crippen LogP contribution in [0.3, 0.4) is 0 Å². The molecule has 0 fully saturated rings. The maximum absolute atomic E-state index is 12.2. The Labute approximate surface area is 166 Å². The normalized spacial score (nSPS) is 10.6. The molecule has 0 aliphatic carbocycles. The molecular formula is C19H19N5O3S. The summed E-state index contributed by atoms with van der Waals surface area (Å²) in [5, 5.41) is 22.6. The zero-order valence-corrected chi connectivity index (χ0v) is 16.3. The average molecular weight is 397 g/mol. The number of rotatable bonds is 7. The third-order valence-electron chi connectivity index (χ3n) is 4.11. The second-order valence-electron chi connectivity index (χ2n) is 6.01. The number of thioether (sulfide) groups is 1. The minimum atomic E-state index is -0.481. The molecule has 1 N–H and O–H groups in total. The van der Waals surface area contributed by atoms with E-state index >= 15 is 0 Å². The van der Waals surface area contributed by atoms with Crippen LogP contribution in [-0.2, 0) is 11.3 Å². The van der Waals surface area contributed by atoms with Gasteiger partial charge in [0.1, 0.15) is 0 Å². The first-order valence-corrected chi connectivity index (χ1v) is 9.64. The number of amides is 1. The van der Waals surface area contributed by atoms with Crippen molar-refractivity contribution >= 4 is 29.0 Å². The molecular weight excluding hydrogens is 378 g/mol. The predicted octanol–water partition coefficient (Wildman–Crippen LogP) is 3.91. The summed E-state index contributed by atoms with van der Waals surface area (Å²) in [6.45, 7) is 4.71. The molecule has 0 spiro atoms. The second kappa shape index (κ2) is 8.66. The molecule has 28 heavy (non-hydrogen) atoms. The van der Waals surface area contributed by atoms with Gasteiger partial charge in [-0.1, -0.05) is 36.0 Å². The predicted molar refractivity (Wildman–Crippen MR) is 108 cm³/mol. The average Bonchev–Trinajstić information content (AvgIpc) is 3.10. The quantitative estimate of drug-likeness (QED) is 0.368. The minimum absolute atomic E-state index is 0.0212. The Morgan fingerprint density at radius 2 is 1.89 bits per heavy atom. The smallest absolute Gasteiger partial charge is 0.269 e. The Kier molecular flexibility index (Phi) is 6.05. The molecule has 1 heterocycles. The summed E-state index contributed by atoms with van der Waals surface area (Å²) in [5.41, 5.74) is 2.61. The molecule has 9 heteroatoms. The summed E-state index contributed by atoms with van der Waals surface area (Å²) in [6, 6.07) is 13.7. The first-order valence-electron chi connectivity index (χ1n) is 8.66. The van der Waals surface area contributed by atoms with Gasteiger partial charge in [0.05, 0.1) is 10.7 Å². The number of carbonyl (C=O) groups is 1. The summed E-state index contributed by atoms with van der Waals surface area (Å²) in [4.78, 5) is 22.4. The van der Waals surface area contributed by atoms with Crippen molar-refractivity contribution in [2.24, 2.45) is 0 Å².